The van der Waals surface area contributed by atoms with Gasteiger partial charge < -0.3 is 11.1 Å². The molecule has 8 nitrogen and oxygen atoms in total. The summed E-state index contributed by atoms with van der Waals surface area (Å²) < 4.78 is 2.02. The quantitative estimate of drug-likeness (QED) is 0.313. The Balaban J connectivity index is 1.39. The number of para-hydroxylation sites is 2. The molecule has 0 unspecified atom stereocenters. The van der Waals surface area contributed by atoms with Crippen LogP contribution in [0.15, 0.2) is 84.1 Å². The molecule has 9 heteroatoms. The maximum Gasteiger partial charge on any atom is 0.256 e. The van der Waals surface area contributed by atoms with Gasteiger partial charge in [-0.15, -0.1) is 0 Å². The number of aromatic amines is 1. The van der Waals surface area contributed by atoms with Crippen molar-refractivity contribution in [3.63, 3.8) is 0 Å². The number of aromatic nitrogens is 4. The topological polar surface area (TPSA) is 114 Å². The summed E-state index contributed by atoms with van der Waals surface area (Å²) in [7, 11) is 0. The first-order valence-corrected chi connectivity index (χ1v) is 10.4. The largest absolute Gasteiger partial charge is 0.365 e. The second-order valence-electron chi connectivity index (χ2n) is 7.25. The molecule has 3 aromatic carbocycles. The maximum absolute atomic E-state index is 12.1. The monoisotopic (exact) mass is 455 g/mol. The van der Waals surface area contributed by atoms with Crippen molar-refractivity contribution in [1.82, 2.24) is 19.7 Å². The zero-order valence-corrected chi connectivity index (χ0v) is 18.0. The first-order chi connectivity index (χ1) is 16.1. The van der Waals surface area contributed by atoms with Crippen molar-refractivity contribution in [2.45, 2.75) is 0 Å². The van der Waals surface area contributed by atoms with Crippen LogP contribution in [0, 0.1) is 0 Å². The molecule has 2 aromatic heterocycles. The molecule has 2 heterocycles. The second-order valence-corrected chi connectivity index (χ2v) is 7.69. The zero-order chi connectivity index (χ0) is 22.8. The Labute approximate surface area is 193 Å². The summed E-state index contributed by atoms with van der Waals surface area (Å²) in [4.78, 5) is 20.9. The number of hydrogen-bond acceptors (Lipinski definition) is 5. The van der Waals surface area contributed by atoms with Crippen LogP contribution < -0.4 is 11.1 Å². The van der Waals surface area contributed by atoms with Gasteiger partial charge in [-0.05, 0) is 48.0 Å². The predicted molar refractivity (Wildman–Crippen MR) is 130 cm³/mol. The molecule has 33 heavy (non-hydrogen) atoms. The minimum absolute atomic E-state index is 0.160. The molecule has 1 amide bonds. The van der Waals surface area contributed by atoms with E-state index in [4.69, 9.17) is 17.3 Å². The molecule has 5 rings (SSSR count). The number of H-pyrrole nitrogens is 1. The van der Waals surface area contributed by atoms with Gasteiger partial charge in [0.15, 0.2) is 5.82 Å². The summed E-state index contributed by atoms with van der Waals surface area (Å²) in [6.07, 6.45) is 3.42. The number of nitrogens with two attached hydrogens (primary N) is 1. The summed E-state index contributed by atoms with van der Waals surface area (Å²) in [5.41, 5.74) is 10.2. The van der Waals surface area contributed by atoms with Crippen LogP contribution in [0.5, 0.6) is 0 Å². The summed E-state index contributed by atoms with van der Waals surface area (Å²) in [6.45, 7) is 0. The lowest BCUT2D eigenvalue weighted by Gasteiger charge is -2.05. The van der Waals surface area contributed by atoms with E-state index >= 15 is 0 Å². The number of rotatable bonds is 6. The lowest BCUT2D eigenvalue weighted by atomic mass is 10.2. The molecule has 162 valence electrons. The normalized spacial score (nSPS) is 11.3. The van der Waals surface area contributed by atoms with Gasteiger partial charge in [-0.25, -0.2) is 9.98 Å². The number of halogens is 1. The molecule has 0 aliphatic rings. The van der Waals surface area contributed by atoms with E-state index in [-0.39, 0.29) is 11.4 Å². The molecule has 0 saturated carbocycles. The Bertz CT molecular complexity index is 1480. The minimum atomic E-state index is -0.650. The summed E-state index contributed by atoms with van der Waals surface area (Å²) in [5.74, 6) is -0.112. The average Bonchev–Trinajstić information content (AvgIpc) is 3.42. The van der Waals surface area contributed by atoms with E-state index in [0.717, 1.165) is 22.3 Å². The SMILES string of the molecule is NC(=O)c1c(N=Cc2ccc(-n3cnc4ccccc43)cc2)n[nH]c1Nc1cccc(Cl)c1. The Hall–Kier alpha value is -4.43. The number of carbonyl (C=O) groups excluding carboxylic acids is 1. The van der Waals surface area contributed by atoms with Gasteiger partial charge in [-0.1, -0.05) is 41.9 Å². The first-order valence-electron chi connectivity index (χ1n) is 10.1. The van der Waals surface area contributed by atoms with Crippen LogP contribution in [0.3, 0.4) is 0 Å². The number of carbonyl (C=O) groups is 1. The fraction of sp³-hybridized carbons (Fsp3) is 0. The van der Waals surface area contributed by atoms with Crippen molar-refractivity contribution in [3.05, 3.63) is 95.3 Å². The number of aliphatic imine (C=N–C) groups is 1. The van der Waals surface area contributed by atoms with Gasteiger partial charge in [-0.2, -0.15) is 5.10 Å². The van der Waals surface area contributed by atoms with E-state index in [9.17, 15) is 4.79 Å². The van der Waals surface area contributed by atoms with Crippen LogP contribution in [-0.4, -0.2) is 31.9 Å². The standard InChI is InChI=1S/C24H18ClN7O/c25-16-4-3-5-17(12-16)29-24-21(22(26)33)23(30-31-24)27-13-15-8-10-18(11-9-15)32-14-28-19-6-1-2-7-20(19)32/h1-14H,(H2,26,33)(H2,29,30,31). The summed E-state index contributed by atoms with van der Waals surface area (Å²) in [6, 6.07) is 22.8. The van der Waals surface area contributed by atoms with Crippen molar-refractivity contribution in [3.8, 4) is 5.69 Å². The zero-order valence-electron chi connectivity index (χ0n) is 17.2. The van der Waals surface area contributed by atoms with Crippen molar-refractivity contribution >= 4 is 52.1 Å². The number of fused-ring (bicyclic) bond motifs is 1. The Morgan fingerprint density at radius 1 is 1.09 bits per heavy atom. The first kappa shape index (κ1) is 20.5. The van der Waals surface area contributed by atoms with Crippen molar-refractivity contribution < 1.29 is 4.79 Å². The number of anilines is 2. The highest BCUT2D eigenvalue weighted by Gasteiger charge is 2.18. The van der Waals surface area contributed by atoms with Crippen LogP contribution in [0.1, 0.15) is 15.9 Å². The summed E-state index contributed by atoms with van der Waals surface area (Å²) in [5, 5.41) is 10.5. The van der Waals surface area contributed by atoms with E-state index in [1.165, 1.54) is 0 Å². The van der Waals surface area contributed by atoms with Crippen LogP contribution in [0.25, 0.3) is 16.7 Å². The van der Waals surface area contributed by atoms with Gasteiger partial charge in [0, 0.05) is 22.6 Å². The number of hydrogen-bond donors (Lipinski definition) is 3. The maximum atomic E-state index is 12.1. The van der Waals surface area contributed by atoms with Crippen LogP contribution in [-0.2, 0) is 0 Å². The molecule has 0 bridgehead atoms. The minimum Gasteiger partial charge on any atom is -0.365 e. The number of benzene rings is 3. The van der Waals surface area contributed by atoms with Gasteiger partial charge in [-0.3, -0.25) is 14.5 Å². The van der Waals surface area contributed by atoms with Crippen LogP contribution in [0.2, 0.25) is 5.02 Å². The number of nitrogens with zero attached hydrogens (tertiary/aromatic N) is 4. The van der Waals surface area contributed by atoms with Gasteiger partial charge in [0.1, 0.15) is 17.7 Å². The Morgan fingerprint density at radius 2 is 1.91 bits per heavy atom. The highest BCUT2D eigenvalue weighted by Crippen LogP contribution is 2.27. The van der Waals surface area contributed by atoms with E-state index in [0.29, 0.717) is 16.5 Å². The fourth-order valence-corrected chi connectivity index (χ4v) is 3.67. The lowest BCUT2D eigenvalue weighted by molar-refractivity contribution is 0.100. The molecular weight excluding hydrogens is 438 g/mol. The number of primary amides is 1. The summed E-state index contributed by atoms with van der Waals surface area (Å²) >= 11 is 6.02. The van der Waals surface area contributed by atoms with Crippen LogP contribution >= 0.6 is 11.6 Å². The highest BCUT2D eigenvalue weighted by atomic mass is 35.5. The van der Waals surface area contributed by atoms with Gasteiger partial charge in [0.25, 0.3) is 5.91 Å². The van der Waals surface area contributed by atoms with Gasteiger partial charge in [0.2, 0.25) is 0 Å². The van der Waals surface area contributed by atoms with Crippen molar-refractivity contribution in [2.75, 3.05) is 5.32 Å². The van der Waals surface area contributed by atoms with Crippen molar-refractivity contribution in [1.29, 1.82) is 0 Å². The second kappa shape index (κ2) is 8.60. The number of amides is 1. The Kier molecular flexibility index (Phi) is 5.34. The van der Waals surface area contributed by atoms with Crippen LogP contribution in [0.4, 0.5) is 17.3 Å². The third kappa shape index (κ3) is 4.19. The van der Waals surface area contributed by atoms with Gasteiger partial charge in [0.05, 0.1) is 11.0 Å². The number of imidazole rings is 1. The lowest BCUT2D eigenvalue weighted by Crippen LogP contribution is -2.12. The third-order valence-electron chi connectivity index (χ3n) is 5.05. The molecule has 0 saturated heterocycles. The Morgan fingerprint density at radius 3 is 2.70 bits per heavy atom. The molecule has 0 spiro atoms. The van der Waals surface area contributed by atoms with E-state index in [1.807, 2.05) is 59.2 Å². The molecule has 5 aromatic rings. The smallest absolute Gasteiger partial charge is 0.256 e. The van der Waals surface area contributed by atoms with Gasteiger partial charge >= 0.3 is 0 Å². The molecular formula is C24H18ClN7O. The van der Waals surface area contributed by atoms with E-state index < -0.39 is 5.91 Å². The molecule has 4 N–H and O–H groups in total. The van der Waals surface area contributed by atoms with E-state index in [2.05, 4.69) is 25.5 Å². The predicted octanol–water partition coefficient (Wildman–Crippen LogP) is 5.00. The molecule has 0 aliphatic carbocycles. The average molecular weight is 456 g/mol. The third-order valence-corrected chi connectivity index (χ3v) is 5.28. The molecule has 0 radical (unpaired) electrons. The van der Waals surface area contributed by atoms with E-state index in [1.54, 1.807) is 30.7 Å². The fourth-order valence-electron chi connectivity index (χ4n) is 3.48. The molecule has 0 aliphatic heterocycles. The number of nitrogens with one attached hydrogen (secondary N) is 2. The van der Waals surface area contributed by atoms with Crippen molar-refractivity contribution in [2.24, 2.45) is 10.7 Å². The molecule has 0 atom stereocenters. The highest BCUT2D eigenvalue weighted by molar-refractivity contribution is 6.30. The molecule has 0 fully saturated rings.